The standard InChI is InChI=1S/C18H23ClN2/c1-14-5-4-6-18(13-14)20-11-12-21(3)15(2)16-7-9-17(19)10-8-16/h4-10,13,15,20H,11-12H2,1-3H3. The fourth-order valence-corrected chi connectivity index (χ4v) is 2.45. The van der Waals surface area contributed by atoms with Crippen LogP contribution in [-0.4, -0.2) is 25.0 Å². The van der Waals surface area contributed by atoms with Crippen LogP contribution in [0.2, 0.25) is 5.02 Å². The summed E-state index contributed by atoms with van der Waals surface area (Å²) in [5.74, 6) is 0. The molecule has 0 aromatic heterocycles. The molecule has 0 heterocycles. The second-order valence-corrected chi connectivity index (χ2v) is 5.94. The van der Waals surface area contributed by atoms with Gasteiger partial charge in [0.25, 0.3) is 0 Å². The van der Waals surface area contributed by atoms with Gasteiger partial charge in [0.15, 0.2) is 0 Å². The van der Waals surface area contributed by atoms with Gasteiger partial charge in [0.1, 0.15) is 0 Å². The smallest absolute Gasteiger partial charge is 0.0406 e. The predicted octanol–water partition coefficient (Wildman–Crippen LogP) is 4.75. The van der Waals surface area contributed by atoms with Gasteiger partial charge < -0.3 is 5.32 Å². The summed E-state index contributed by atoms with van der Waals surface area (Å²) in [5, 5.41) is 4.26. The van der Waals surface area contributed by atoms with Crippen molar-refractivity contribution in [3.8, 4) is 0 Å². The lowest BCUT2D eigenvalue weighted by Gasteiger charge is -2.25. The highest BCUT2D eigenvalue weighted by molar-refractivity contribution is 6.30. The minimum Gasteiger partial charge on any atom is -0.384 e. The first kappa shape index (κ1) is 15.9. The molecule has 0 saturated carbocycles. The summed E-state index contributed by atoms with van der Waals surface area (Å²) in [4.78, 5) is 2.34. The Morgan fingerprint density at radius 2 is 1.86 bits per heavy atom. The van der Waals surface area contributed by atoms with Gasteiger partial charge in [-0.2, -0.15) is 0 Å². The summed E-state index contributed by atoms with van der Waals surface area (Å²) in [7, 11) is 2.15. The van der Waals surface area contributed by atoms with Gasteiger partial charge in [0, 0.05) is 29.8 Å². The molecule has 112 valence electrons. The summed E-state index contributed by atoms with van der Waals surface area (Å²) >= 11 is 5.94. The predicted molar refractivity (Wildman–Crippen MR) is 92.2 cm³/mol. The van der Waals surface area contributed by atoms with Gasteiger partial charge in [0.05, 0.1) is 0 Å². The van der Waals surface area contributed by atoms with Crippen molar-refractivity contribution in [2.75, 3.05) is 25.5 Å². The van der Waals surface area contributed by atoms with Crippen molar-refractivity contribution in [1.29, 1.82) is 0 Å². The van der Waals surface area contributed by atoms with E-state index < -0.39 is 0 Å². The molecule has 0 aliphatic carbocycles. The SMILES string of the molecule is Cc1cccc(NCCN(C)C(C)c2ccc(Cl)cc2)c1. The topological polar surface area (TPSA) is 15.3 Å². The van der Waals surface area contributed by atoms with E-state index >= 15 is 0 Å². The molecule has 0 saturated heterocycles. The Morgan fingerprint density at radius 1 is 1.14 bits per heavy atom. The number of nitrogens with zero attached hydrogens (tertiary/aromatic N) is 1. The molecule has 3 heteroatoms. The second-order valence-electron chi connectivity index (χ2n) is 5.50. The van der Waals surface area contributed by atoms with E-state index in [0.717, 1.165) is 18.1 Å². The van der Waals surface area contributed by atoms with Gasteiger partial charge in [-0.3, -0.25) is 4.90 Å². The Balaban J connectivity index is 1.83. The maximum Gasteiger partial charge on any atom is 0.0406 e. The van der Waals surface area contributed by atoms with E-state index in [1.54, 1.807) is 0 Å². The molecular formula is C18H23ClN2. The molecule has 0 fully saturated rings. The van der Waals surface area contributed by atoms with E-state index in [0.29, 0.717) is 6.04 Å². The Kier molecular flexibility index (Phi) is 5.66. The Bertz CT molecular complexity index is 566. The average molecular weight is 303 g/mol. The van der Waals surface area contributed by atoms with Crippen LogP contribution in [0.3, 0.4) is 0 Å². The first-order chi connectivity index (χ1) is 10.1. The zero-order valence-electron chi connectivity index (χ0n) is 12.9. The van der Waals surface area contributed by atoms with E-state index in [-0.39, 0.29) is 0 Å². The van der Waals surface area contributed by atoms with Gasteiger partial charge in [-0.15, -0.1) is 0 Å². The molecule has 0 aliphatic heterocycles. The number of anilines is 1. The fraction of sp³-hybridized carbons (Fsp3) is 0.333. The van der Waals surface area contributed by atoms with Crippen LogP contribution in [0.5, 0.6) is 0 Å². The van der Waals surface area contributed by atoms with Gasteiger partial charge in [0.2, 0.25) is 0 Å². The lowest BCUT2D eigenvalue weighted by molar-refractivity contribution is 0.271. The molecule has 2 aromatic rings. The van der Waals surface area contributed by atoms with Crippen molar-refractivity contribution >= 4 is 17.3 Å². The van der Waals surface area contributed by atoms with E-state index in [4.69, 9.17) is 11.6 Å². The van der Waals surface area contributed by atoms with Crippen molar-refractivity contribution in [2.24, 2.45) is 0 Å². The van der Waals surface area contributed by atoms with E-state index in [1.165, 1.54) is 16.8 Å². The largest absolute Gasteiger partial charge is 0.384 e. The molecule has 2 nitrogen and oxygen atoms in total. The molecule has 1 N–H and O–H groups in total. The normalized spacial score (nSPS) is 12.4. The molecular weight excluding hydrogens is 280 g/mol. The molecule has 0 amide bonds. The van der Waals surface area contributed by atoms with E-state index in [2.05, 4.69) is 67.5 Å². The van der Waals surface area contributed by atoms with Crippen molar-refractivity contribution < 1.29 is 0 Å². The van der Waals surface area contributed by atoms with Crippen molar-refractivity contribution in [3.63, 3.8) is 0 Å². The minimum absolute atomic E-state index is 0.376. The number of rotatable bonds is 6. The second kappa shape index (κ2) is 7.48. The highest BCUT2D eigenvalue weighted by Gasteiger charge is 2.10. The van der Waals surface area contributed by atoms with Crippen LogP contribution < -0.4 is 5.32 Å². The number of likely N-dealkylation sites (N-methyl/N-ethyl adjacent to an activating group) is 1. The van der Waals surface area contributed by atoms with Gasteiger partial charge in [-0.05, 0) is 56.3 Å². The molecule has 0 radical (unpaired) electrons. The Labute approximate surface area is 132 Å². The third-order valence-corrected chi connectivity index (χ3v) is 4.08. The Hall–Kier alpha value is -1.51. The van der Waals surface area contributed by atoms with Gasteiger partial charge in [-0.25, -0.2) is 0 Å². The van der Waals surface area contributed by atoms with Crippen LogP contribution >= 0.6 is 11.6 Å². The van der Waals surface area contributed by atoms with Crippen LogP contribution in [0, 0.1) is 6.92 Å². The van der Waals surface area contributed by atoms with Crippen LogP contribution in [0.4, 0.5) is 5.69 Å². The van der Waals surface area contributed by atoms with Crippen molar-refractivity contribution in [2.45, 2.75) is 19.9 Å². The number of hydrogen-bond donors (Lipinski definition) is 1. The minimum atomic E-state index is 0.376. The zero-order valence-corrected chi connectivity index (χ0v) is 13.7. The van der Waals surface area contributed by atoms with Crippen molar-refractivity contribution in [3.05, 3.63) is 64.7 Å². The molecule has 1 unspecified atom stereocenters. The summed E-state index contributed by atoms with van der Waals surface area (Å²) in [5.41, 5.74) is 3.75. The molecule has 0 bridgehead atoms. The van der Waals surface area contributed by atoms with Gasteiger partial charge in [-0.1, -0.05) is 35.9 Å². The lowest BCUT2D eigenvalue weighted by Crippen LogP contribution is -2.28. The number of benzene rings is 2. The molecule has 0 spiro atoms. The zero-order chi connectivity index (χ0) is 15.2. The van der Waals surface area contributed by atoms with E-state index in [1.807, 2.05) is 12.1 Å². The summed E-state index contributed by atoms with van der Waals surface area (Å²) in [6.07, 6.45) is 0. The van der Waals surface area contributed by atoms with Crippen molar-refractivity contribution in [1.82, 2.24) is 4.90 Å². The molecule has 1 atom stereocenters. The number of hydrogen-bond acceptors (Lipinski definition) is 2. The maximum absolute atomic E-state index is 5.94. The molecule has 2 aromatic carbocycles. The molecule has 2 rings (SSSR count). The lowest BCUT2D eigenvalue weighted by atomic mass is 10.1. The maximum atomic E-state index is 5.94. The first-order valence-electron chi connectivity index (χ1n) is 7.32. The summed E-state index contributed by atoms with van der Waals surface area (Å²) in [6.45, 7) is 6.24. The quantitative estimate of drug-likeness (QED) is 0.828. The van der Waals surface area contributed by atoms with Crippen LogP contribution in [0.25, 0.3) is 0 Å². The average Bonchev–Trinajstić information content (AvgIpc) is 2.47. The number of halogens is 1. The van der Waals surface area contributed by atoms with E-state index in [9.17, 15) is 0 Å². The van der Waals surface area contributed by atoms with Crippen LogP contribution in [0.15, 0.2) is 48.5 Å². The third-order valence-electron chi connectivity index (χ3n) is 3.83. The molecule has 21 heavy (non-hydrogen) atoms. The fourth-order valence-electron chi connectivity index (χ4n) is 2.32. The van der Waals surface area contributed by atoms with Crippen LogP contribution in [0.1, 0.15) is 24.1 Å². The highest BCUT2D eigenvalue weighted by atomic mass is 35.5. The summed E-state index contributed by atoms with van der Waals surface area (Å²) < 4.78 is 0. The highest BCUT2D eigenvalue weighted by Crippen LogP contribution is 2.20. The number of nitrogens with one attached hydrogen (secondary N) is 1. The first-order valence-corrected chi connectivity index (χ1v) is 7.70. The summed E-state index contributed by atoms with van der Waals surface area (Å²) in [6, 6.07) is 16.9. The molecule has 0 aliphatic rings. The van der Waals surface area contributed by atoms with Crippen LogP contribution in [-0.2, 0) is 0 Å². The Morgan fingerprint density at radius 3 is 2.52 bits per heavy atom. The van der Waals surface area contributed by atoms with Gasteiger partial charge >= 0.3 is 0 Å². The monoisotopic (exact) mass is 302 g/mol. The third kappa shape index (κ3) is 4.76. The number of aryl methyl sites for hydroxylation is 1.